The van der Waals surface area contributed by atoms with Crippen LogP contribution in [0, 0.1) is 0 Å². The van der Waals surface area contributed by atoms with Crippen LogP contribution in [-0.4, -0.2) is 38.0 Å². The van der Waals surface area contributed by atoms with E-state index in [0.29, 0.717) is 11.3 Å². The fraction of sp³-hybridized carbons (Fsp3) is 0.231. The molecule has 2 aliphatic heterocycles. The number of benzene rings is 3. The van der Waals surface area contributed by atoms with Gasteiger partial charge in [-0.1, -0.05) is 24.3 Å². The lowest BCUT2D eigenvalue weighted by atomic mass is 9.95. The summed E-state index contributed by atoms with van der Waals surface area (Å²) in [4.78, 5) is 11.9. The zero-order chi connectivity index (χ0) is 22.9. The van der Waals surface area contributed by atoms with Gasteiger partial charge in [0.15, 0.2) is 11.5 Å². The minimum absolute atomic E-state index is 0.00812. The van der Waals surface area contributed by atoms with Crippen molar-refractivity contribution in [2.75, 3.05) is 21.3 Å². The highest BCUT2D eigenvalue weighted by Gasteiger charge is 2.42. The smallest absolute Gasteiger partial charge is 0.337 e. The van der Waals surface area contributed by atoms with E-state index in [1.54, 1.807) is 26.4 Å². The molecular weight excluding hydrogens is 420 g/mol. The van der Waals surface area contributed by atoms with Crippen LogP contribution in [0.4, 0.5) is 0 Å². The molecule has 0 unspecified atom stereocenters. The van der Waals surface area contributed by atoms with Crippen molar-refractivity contribution in [3.05, 3.63) is 89.0 Å². The van der Waals surface area contributed by atoms with E-state index in [-0.39, 0.29) is 12.0 Å². The molecule has 7 heteroatoms. The fourth-order valence-electron chi connectivity index (χ4n) is 4.32. The highest BCUT2D eigenvalue weighted by molar-refractivity contribution is 6.02. The summed E-state index contributed by atoms with van der Waals surface area (Å²) >= 11 is 0. The van der Waals surface area contributed by atoms with Crippen LogP contribution in [0.1, 0.15) is 45.7 Å². The molecule has 3 aromatic carbocycles. The molecule has 0 radical (unpaired) electrons. The van der Waals surface area contributed by atoms with Crippen molar-refractivity contribution in [3.63, 3.8) is 0 Å². The summed E-state index contributed by atoms with van der Waals surface area (Å²) in [7, 11) is 4.66. The van der Waals surface area contributed by atoms with Gasteiger partial charge in [0.25, 0.3) is 0 Å². The van der Waals surface area contributed by atoms with Gasteiger partial charge < -0.3 is 18.9 Å². The highest BCUT2D eigenvalue weighted by atomic mass is 16.5. The molecule has 168 valence electrons. The predicted octanol–water partition coefficient (Wildman–Crippen LogP) is 4.73. The summed E-state index contributed by atoms with van der Waals surface area (Å²) < 4.78 is 22.2. The molecule has 3 aromatic rings. The quantitative estimate of drug-likeness (QED) is 0.530. The van der Waals surface area contributed by atoms with E-state index in [1.165, 1.54) is 7.11 Å². The largest absolute Gasteiger partial charge is 0.497 e. The predicted molar refractivity (Wildman–Crippen MR) is 123 cm³/mol. The van der Waals surface area contributed by atoms with Crippen LogP contribution in [0.5, 0.6) is 17.2 Å². The number of rotatable bonds is 5. The summed E-state index contributed by atoms with van der Waals surface area (Å²) in [5, 5.41) is 6.97. The second-order valence-electron chi connectivity index (χ2n) is 7.84. The maximum absolute atomic E-state index is 11.9. The van der Waals surface area contributed by atoms with Gasteiger partial charge in [-0.15, -0.1) is 0 Å². The van der Waals surface area contributed by atoms with Gasteiger partial charge >= 0.3 is 5.97 Å². The molecule has 0 aromatic heterocycles. The topological polar surface area (TPSA) is 69.6 Å². The van der Waals surface area contributed by atoms with Crippen molar-refractivity contribution in [2.45, 2.75) is 18.7 Å². The summed E-state index contributed by atoms with van der Waals surface area (Å²) in [5.74, 6) is 1.82. The Morgan fingerprint density at radius 3 is 2.39 bits per heavy atom. The van der Waals surface area contributed by atoms with Gasteiger partial charge in [0.2, 0.25) is 6.23 Å². The Morgan fingerprint density at radius 1 is 0.970 bits per heavy atom. The molecule has 0 fully saturated rings. The lowest BCUT2D eigenvalue weighted by Gasteiger charge is -2.38. The molecule has 0 amide bonds. The first-order valence-electron chi connectivity index (χ1n) is 10.6. The van der Waals surface area contributed by atoms with Gasteiger partial charge in [-0.25, -0.2) is 9.80 Å². The Hall–Kier alpha value is -4.00. The molecule has 2 heterocycles. The lowest BCUT2D eigenvalue weighted by molar-refractivity contribution is -0.0209. The van der Waals surface area contributed by atoms with Crippen LogP contribution in [0.25, 0.3) is 0 Å². The third-order valence-electron chi connectivity index (χ3n) is 6.04. The summed E-state index contributed by atoms with van der Waals surface area (Å²) in [6.45, 7) is 0. The minimum Gasteiger partial charge on any atom is -0.497 e. The zero-order valence-corrected chi connectivity index (χ0v) is 18.6. The number of fused-ring (bicyclic) bond motifs is 3. The van der Waals surface area contributed by atoms with Crippen LogP contribution in [0.3, 0.4) is 0 Å². The molecule has 7 nitrogen and oxygen atoms in total. The Labute approximate surface area is 192 Å². The third-order valence-corrected chi connectivity index (χ3v) is 6.04. The first-order chi connectivity index (χ1) is 16.1. The summed E-state index contributed by atoms with van der Waals surface area (Å²) in [6, 6.07) is 21.0. The van der Waals surface area contributed by atoms with E-state index in [9.17, 15) is 4.79 Å². The fourth-order valence-corrected chi connectivity index (χ4v) is 4.32. The van der Waals surface area contributed by atoms with Gasteiger partial charge in [-0.05, 0) is 48.0 Å². The zero-order valence-electron chi connectivity index (χ0n) is 18.6. The van der Waals surface area contributed by atoms with Crippen LogP contribution in [0.15, 0.2) is 71.8 Å². The highest BCUT2D eigenvalue weighted by Crippen LogP contribution is 2.50. The van der Waals surface area contributed by atoms with Crippen molar-refractivity contribution in [2.24, 2.45) is 5.10 Å². The van der Waals surface area contributed by atoms with Crippen LogP contribution in [0.2, 0.25) is 0 Å². The Kier molecular flexibility index (Phi) is 5.38. The first kappa shape index (κ1) is 20.9. The van der Waals surface area contributed by atoms with E-state index < -0.39 is 6.23 Å². The number of ether oxygens (including phenoxy) is 4. The maximum Gasteiger partial charge on any atom is 0.337 e. The van der Waals surface area contributed by atoms with E-state index >= 15 is 0 Å². The average Bonchev–Trinajstić information content (AvgIpc) is 3.33. The summed E-state index contributed by atoms with van der Waals surface area (Å²) in [5.41, 5.74) is 4.40. The van der Waals surface area contributed by atoms with Crippen molar-refractivity contribution >= 4 is 11.7 Å². The van der Waals surface area contributed by atoms with Crippen LogP contribution in [-0.2, 0) is 4.74 Å². The first-order valence-corrected chi connectivity index (χ1v) is 10.6. The number of esters is 1. The number of hydrogen-bond donors (Lipinski definition) is 0. The second-order valence-corrected chi connectivity index (χ2v) is 7.84. The number of para-hydroxylation sites is 1. The SMILES string of the molecule is COC(=O)c1ccc([C@@H]2Oc3c(OC)cccc3[C@H]3CC(c4ccc(OC)cc4)=NN32)cc1. The number of nitrogens with zero attached hydrogens (tertiary/aromatic N) is 2. The Bertz CT molecular complexity index is 1200. The number of hydrazone groups is 1. The van der Waals surface area contributed by atoms with Crippen molar-refractivity contribution in [1.82, 2.24) is 5.01 Å². The second kappa shape index (κ2) is 8.50. The molecule has 2 aliphatic rings. The van der Waals surface area contributed by atoms with E-state index in [2.05, 4.69) is 6.07 Å². The number of methoxy groups -OCH3 is 3. The molecule has 2 atom stereocenters. The summed E-state index contributed by atoms with van der Waals surface area (Å²) in [6.07, 6.45) is 0.258. The molecule has 33 heavy (non-hydrogen) atoms. The molecule has 5 rings (SSSR count). The number of hydrogen-bond acceptors (Lipinski definition) is 7. The number of carbonyl (C=O) groups excluding carboxylic acids is 1. The molecule has 0 bridgehead atoms. The molecule has 0 N–H and O–H groups in total. The van der Waals surface area contributed by atoms with Crippen LogP contribution >= 0.6 is 0 Å². The van der Waals surface area contributed by atoms with Gasteiger partial charge in [0, 0.05) is 17.5 Å². The average molecular weight is 444 g/mol. The Balaban J connectivity index is 1.56. The molecule has 0 spiro atoms. The van der Waals surface area contributed by atoms with E-state index in [4.69, 9.17) is 24.0 Å². The maximum atomic E-state index is 11.9. The third kappa shape index (κ3) is 3.65. The van der Waals surface area contributed by atoms with Crippen molar-refractivity contribution in [1.29, 1.82) is 0 Å². The minimum atomic E-state index is -0.471. The Morgan fingerprint density at radius 2 is 1.73 bits per heavy atom. The molecule has 0 saturated heterocycles. The van der Waals surface area contributed by atoms with Crippen LogP contribution < -0.4 is 14.2 Å². The van der Waals surface area contributed by atoms with Gasteiger partial charge in [0.1, 0.15) is 5.75 Å². The molecule has 0 aliphatic carbocycles. The normalized spacial score (nSPS) is 18.5. The van der Waals surface area contributed by atoms with E-state index in [0.717, 1.165) is 40.3 Å². The number of carbonyl (C=O) groups is 1. The van der Waals surface area contributed by atoms with E-state index in [1.807, 2.05) is 53.5 Å². The van der Waals surface area contributed by atoms with Crippen molar-refractivity contribution < 1.29 is 23.7 Å². The monoisotopic (exact) mass is 444 g/mol. The van der Waals surface area contributed by atoms with Crippen molar-refractivity contribution in [3.8, 4) is 17.2 Å². The van der Waals surface area contributed by atoms with Gasteiger partial charge in [0.05, 0.1) is 38.6 Å². The standard InChI is InChI=1S/C26H24N2O5/c1-30-19-13-11-16(12-14-19)21-15-22-20-5-4-6-23(31-2)24(20)33-25(28(22)27-21)17-7-9-18(10-8-17)26(29)32-3/h4-14,22,25H,15H2,1-3H3/t22-,25+/m1/s1. The van der Waals surface area contributed by atoms with Gasteiger partial charge in [-0.3, -0.25) is 0 Å². The van der Waals surface area contributed by atoms with Gasteiger partial charge in [-0.2, -0.15) is 5.10 Å². The molecular formula is C26H24N2O5. The lowest BCUT2D eigenvalue weighted by Crippen LogP contribution is -2.33. The molecule has 0 saturated carbocycles.